The normalized spacial score (nSPS) is 11.0. The Morgan fingerprint density at radius 3 is 2.80 bits per heavy atom. The highest BCUT2D eigenvalue weighted by Crippen LogP contribution is 2.12. The molecule has 20 heavy (non-hydrogen) atoms. The van der Waals surface area contributed by atoms with E-state index in [4.69, 9.17) is 0 Å². The zero-order valence-corrected chi connectivity index (χ0v) is 12.5. The summed E-state index contributed by atoms with van der Waals surface area (Å²) >= 11 is 1.67. The van der Waals surface area contributed by atoms with E-state index in [0.717, 1.165) is 6.54 Å². The number of ketones is 1. The number of nitrogens with zero attached hydrogens (tertiary/aromatic N) is 1. The molecule has 0 fully saturated rings. The first-order valence-corrected chi connectivity index (χ1v) is 7.49. The quantitative estimate of drug-likeness (QED) is 0.752. The predicted octanol–water partition coefficient (Wildman–Crippen LogP) is 3.90. The van der Waals surface area contributed by atoms with Gasteiger partial charge in [-0.3, -0.25) is 4.79 Å². The second kappa shape index (κ2) is 6.77. The van der Waals surface area contributed by atoms with Crippen molar-refractivity contribution < 1.29 is 9.18 Å². The molecule has 2 rings (SSSR count). The molecule has 0 unspecified atom stereocenters. The summed E-state index contributed by atoms with van der Waals surface area (Å²) < 4.78 is 13.4. The van der Waals surface area contributed by atoms with Crippen molar-refractivity contribution in [2.24, 2.45) is 0 Å². The molecular formula is C16H18FNOS. The standard InChI is InChI=1S/C16H18FNOS/c1-12-3-4-14(9-15(12)17)16(19)5-7-18(2)10-13-6-8-20-11-13/h3-4,6,8-9,11H,5,7,10H2,1-2H3. The predicted molar refractivity (Wildman–Crippen MR) is 80.7 cm³/mol. The Morgan fingerprint density at radius 2 is 2.15 bits per heavy atom. The van der Waals surface area contributed by atoms with E-state index in [1.165, 1.54) is 11.6 Å². The summed E-state index contributed by atoms with van der Waals surface area (Å²) in [6.45, 7) is 3.20. The molecule has 0 aliphatic rings. The van der Waals surface area contributed by atoms with Crippen LogP contribution in [-0.2, 0) is 6.54 Å². The third-order valence-corrected chi connectivity index (χ3v) is 3.98. The summed E-state index contributed by atoms with van der Waals surface area (Å²) in [7, 11) is 1.99. The van der Waals surface area contributed by atoms with Gasteiger partial charge in [-0.15, -0.1) is 0 Å². The first-order valence-electron chi connectivity index (χ1n) is 6.55. The van der Waals surface area contributed by atoms with E-state index in [0.29, 0.717) is 24.1 Å². The highest BCUT2D eigenvalue weighted by molar-refractivity contribution is 7.07. The number of halogens is 1. The average molecular weight is 291 g/mol. The average Bonchev–Trinajstić information content (AvgIpc) is 2.92. The van der Waals surface area contributed by atoms with Gasteiger partial charge in [0.05, 0.1) is 0 Å². The molecule has 0 saturated carbocycles. The van der Waals surface area contributed by atoms with Crippen LogP contribution >= 0.6 is 11.3 Å². The molecule has 4 heteroatoms. The van der Waals surface area contributed by atoms with Gasteiger partial charge < -0.3 is 4.90 Å². The summed E-state index contributed by atoms with van der Waals surface area (Å²) in [4.78, 5) is 14.1. The Bertz CT molecular complexity index is 580. The SMILES string of the molecule is Cc1ccc(C(=O)CCN(C)Cc2ccsc2)cc1F. The van der Waals surface area contributed by atoms with E-state index >= 15 is 0 Å². The molecule has 1 heterocycles. The van der Waals surface area contributed by atoms with Gasteiger partial charge in [0.1, 0.15) is 5.82 Å². The van der Waals surface area contributed by atoms with Crippen molar-refractivity contribution in [1.82, 2.24) is 4.90 Å². The lowest BCUT2D eigenvalue weighted by Gasteiger charge is -2.15. The van der Waals surface area contributed by atoms with Crippen LogP contribution in [0.3, 0.4) is 0 Å². The minimum Gasteiger partial charge on any atom is -0.302 e. The molecular weight excluding hydrogens is 273 g/mol. The van der Waals surface area contributed by atoms with Gasteiger partial charge in [-0.05, 0) is 48.0 Å². The summed E-state index contributed by atoms with van der Waals surface area (Å²) in [5.74, 6) is -0.330. The van der Waals surface area contributed by atoms with Crippen LogP contribution in [0.4, 0.5) is 4.39 Å². The van der Waals surface area contributed by atoms with Crippen molar-refractivity contribution in [1.29, 1.82) is 0 Å². The molecule has 0 amide bonds. The first-order chi connectivity index (χ1) is 9.56. The molecule has 0 atom stereocenters. The second-order valence-electron chi connectivity index (χ2n) is 5.01. The van der Waals surface area contributed by atoms with Crippen LogP contribution in [0, 0.1) is 12.7 Å². The minimum atomic E-state index is -0.317. The number of benzene rings is 1. The second-order valence-corrected chi connectivity index (χ2v) is 5.79. The third-order valence-electron chi connectivity index (χ3n) is 3.25. The van der Waals surface area contributed by atoms with E-state index in [-0.39, 0.29) is 11.6 Å². The zero-order valence-electron chi connectivity index (χ0n) is 11.7. The smallest absolute Gasteiger partial charge is 0.164 e. The summed E-state index contributed by atoms with van der Waals surface area (Å²) in [6.07, 6.45) is 0.406. The van der Waals surface area contributed by atoms with Crippen LogP contribution in [0.2, 0.25) is 0 Å². The Hall–Kier alpha value is -1.52. The molecule has 1 aromatic heterocycles. The van der Waals surface area contributed by atoms with Gasteiger partial charge in [-0.25, -0.2) is 4.39 Å². The molecule has 0 radical (unpaired) electrons. The van der Waals surface area contributed by atoms with Crippen molar-refractivity contribution >= 4 is 17.1 Å². The monoisotopic (exact) mass is 291 g/mol. The molecule has 0 aliphatic carbocycles. The number of aryl methyl sites for hydroxylation is 1. The maximum Gasteiger partial charge on any atom is 0.164 e. The molecule has 2 aromatic rings. The Morgan fingerprint density at radius 1 is 1.35 bits per heavy atom. The zero-order chi connectivity index (χ0) is 14.5. The van der Waals surface area contributed by atoms with Gasteiger partial charge >= 0.3 is 0 Å². The van der Waals surface area contributed by atoms with Gasteiger partial charge in [0.15, 0.2) is 5.78 Å². The van der Waals surface area contributed by atoms with E-state index in [1.807, 2.05) is 12.4 Å². The Kier molecular flexibility index (Phi) is 5.04. The van der Waals surface area contributed by atoms with Gasteiger partial charge in [0, 0.05) is 25.1 Å². The summed E-state index contributed by atoms with van der Waals surface area (Å²) in [5.41, 5.74) is 2.28. The van der Waals surface area contributed by atoms with Crippen LogP contribution in [0.1, 0.15) is 27.9 Å². The number of thiophene rings is 1. The van der Waals surface area contributed by atoms with Crippen LogP contribution in [0.15, 0.2) is 35.0 Å². The topological polar surface area (TPSA) is 20.3 Å². The van der Waals surface area contributed by atoms with Crippen LogP contribution in [0.5, 0.6) is 0 Å². The fourth-order valence-electron chi connectivity index (χ4n) is 1.98. The fraction of sp³-hybridized carbons (Fsp3) is 0.312. The lowest BCUT2D eigenvalue weighted by atomic mass is 10.1. The molecule has 0 N–H and O–H groups in total. The lowest BCUT2D eigenvalue weighted by molar-refractivity contribution is 0.0967. The fourth-order valence-corrected chi connectivity index (χ4v) is 2.64. The maximum atomic E-state index is 13.4. The molecule has 0 aliphatic heterocycles. The first kappa shape index (κ1) is 14.9. The van der Waals surface area contributed by atoms with Gasteiger partial charge in [0.2, 0.25) is 0 Å². The van der Waals surface area contributed by atoms with Crippen molar-refractivity contribution in [2.75, 3.05) is 13.6 Å². The van der Waals surface area contributed by atoms with Crippen LogP contribution in [-0.4, -0.2) is 24.3 Å². The van der Waals surface area contributed by atoms with Crippen molar-refractivity contribution in [3.8, 4) is 0 Å². The van der Waals surface area contributed by atoms with Crippen molar-refractivity contribution in [2.45, 2.75) is 19.9 Å². The third kappa shape index (κ3) is 3.99. The minimum absolute atomic E-state index is 0.0129. The highest BCUT2D eigenvalue weighted by Gasteiger charge is 2.10. The molecule has 0 bridgehead atoms. The van der Waals surface area contributed by atoms with Crippen molar-refractivity contribution in [3.63, 3.8) is 0 Å². The maximum absolute atomic E-state index is 13.4. The molecule has 106 valence electrons. The van der Waals surface area contributed by atoms with E-state index in [1.54, 1.807) is 30.4 Å². The summed E-state index contributed by atoms with van der Waals surface area (Å²) in [6, 6.07) is 6.76. The molecule has 1 aromatic carbocycles. The molecule has 2 nitrogen and oxygen atoms in total. The number of carbonyl (C=O) groups excluding carboxylic acids is 1. The Labute approximate surface area is 122 Å². The van der Waals surface area contributed by atoms with Crippen molar-refractivity contribution in [3.05, 3.63) is 57.5 Å². The van der Waals surface area contributed by atoms with Crippen LogP contribution < -0.4 is 0 Å². The largest absolute Gasteiger partial charge is 0.302 e. The van der Waals surface area contributed by atoms with Gasteiger partial charge in [-0.1, -0.05) is 12.1 Å². The lowest BCUT2D eigenvalue weighted by Crippen LogP contribution is -2.21. The van der Waals surface area contributed by atoms with Gasteiger partial charge in [0.25, 0.3) is 0 Å². The molecule has 0 saturated heterocycles. The number of Topliss-reactive ketones (excluding diaryl/α,β-unsaturated/α-hetero) is 1. The van der Waals surface area contributed by atoms with E-state index in [9.17, 15) is 9.18 Å². The van der Waals surface area contributed by atoms with E-state index < -0.39 is 0 Å². The number of rotatable bonds is 6. The van der Waals surface area contributed by atoms with Crippen LogP contribution in [0.25, 0.3) is 0 Å². The Balaban J connectivity index is 1.86. The highest BCUT2D eigenvalue weighted by atomic mass is 32.1. The van der Waals surface area contributed by atoms with E-state index in [2.05, 4.69) is 16.3 Å². The number of hydrogen-bond acceptors (Lipinski definition) is 3. The molecule has 0 spiro atoms. The number of carbonyl (C=O) groups is 1. The summed E-state index contributed by atoms with van der Waals surface area (Å²) in [5, 5.41) is 4.15. The number of hydrogen-bond donors (Lipinski definition) is 0. The van der Waals surface area contributed by atoms with Gasteiger partial charge in [-0.2, -0.15) is 11.3 Å².